The molecule has 0 saturated carbocycles. The van der Waals surface area contributed by atoms with Crippen molar-refractivity contribution in [1.82, 2.24) is 0 Å². The van der Waals surface area contributed by atoms with Crippen LogP contribution in [-0.4, -0.2) is 22.2 Å². The molecule has 2 aromatic carbocycles. The Morgan fingerprint density at radius 1 is 0.900 bits per heavy atom. The summed E-state index contributed by atoms with van der Waals surface area (Å²) in [6.45, 7) is 7.13. The molecule has 1 nitrogen and oxygen atoms in total. The van der Waals surface area contributed by atoms with E-state index < -0.39 is 8.07 Å². The molecule has 0 fully saturated rings. The number of anilines is 1. The zero-order chi connectivity index (χ0) is 14.8. The van der Waals surface area contributed by atoms with E-state index in [0.29, 0.717) is 0 Å². The molecule has 0 aliphatic heterocycles. The summed E-state index contributed by atoms with van der Waals surface area (Å²) < 4.78 is 0. The highest BCUT2D eigenvalue weighted by Crippen LogP contribution is 2.27. The largest absolute Gasteiger partial charge is 0.377 e. The minimum absolute atomic E-state index is 1.29. The van der Waals surface area contributed by atoms with Crippen molar-refractivity contribution in [1.29, 1.82) is 0 Å². The Bertz CT molecular complexity index is 577. The highest BCUT2D eigenvalue weighted by Gasteiger charge is 2.29. The lowest BCUT2D eigenvalue weighted by Crippen LogP contribution is -2.45. The molecule has 0 bridgehead atoms. The van der Waals surface area contributed by atoms with Crippen molar-refractivity contribution in [2.45, 2.75) is 38.9 Å². The maximum Gasteiger partial charge on any atom is 0.0859 e. The van der Waals surface area contributed by atoms with E-state index in [-0.39, 0.29) is 0 Å². The van der Waals surface area contributed by atoms with E-state index in [1.165, 1.54) is 34.6 Å². The third-order valence-electron chi connectivity index (χ3n) is 4.98. The lowest BCUT2D eigenvalue weighted by atomic mass is 10.1. The Morgan fingerprint density at radius 3 is 2.10 bits per heavy atom. The first kappa shape index (κ1) is 15.1. The van der Waals surface area contributed by atoms with Crippen LogP contribution in [-0.2, 0) is 0 Å². The lowest BCUT2D eigenvalue weighted by Gasteiger charge is -2.29. The van der Waals surface area contributed by atoms with Gasteiger partial charge in [0.1, 0.15) is 0 Å². The van der Waals surface area contributed by atoms with E-state index in [1.54, 1.807) is 5.19 Å². The molecule has 0 saturated heterocycles. The molecule has 0 heterocycles. The first-order chi connectivity index (χ1) is 9.57. The molecule has 0 atom stereocenters. The second-order valence-electron chi connectivity index (χ2n) is 5.95. The molecule has 0 aliphatic rings. The molecule has 2 rings (SSSR count). The Morgan fingerprint density at radius 2 is 1.55 bits per heavy atom. The third kappa shape index (κ3) is 2.49. The summed E-state index contributed by atoms with van der Waals surface area (Å²) in [4.78, 5) is 2.22. The fourth-order valence-electron chi connectivity index (χ4n) is 3.34. The average molecular weight is 286 g/mol. The van der Waals surface area contributed by atoms with E-state index in [4.69, 9.17) is 0 Å². The normalized spacial score (nSPS) is 11.8. The second-order valence-corrected chi connectivity index (χ2v) is 11.2. The molecule has 0 spiro atoms. The van der Waals surface area contributed by atoms with Crippen LogP contribution in [0.2, 0.25) is 18.1 Å². The summed E-state index contributed by atoms with van der Waals surface area (Å²) in [7, 11) is 2.97. The van der Waals surface area contributed by atoms with Gasteiger partial charge in [-0.1, -0.05) is 74.4 Å². The van der Waals surface area contributed by atoms with Gasteiger partial charge in [0.15, 0.2) is 0 Å². The van der Waals surface area contributed by atoms with Gasteiger partial charge in [-0.3, -0.25) is 0 Å². The standard InChI is InChI=1S/C18H27NSi/c1-6-20(7-2,8-3)16-13-12-15-10-9-11-18(19(4)5)17(15)14-16/h9-14H,6-8H2,1-5H3. The molecule has 2 heteroatoms. The number of hydrogen-bond acceptors (Lipinski definition) is 1. The predicted octanol–water partition coefficient (Wildman–Crippen LogP) is 4.62. The van der Waals surface area contributed by atoms with Crippen molar-refractivity contribution in [2.75, 3.05) is 19.0 Å². The van der Waals surface area contributed by atoms with Gasteiger partial charge in [0.05, 0.1) is 8.07 Å². The van der Waals surface area contributed by atoms with Crippen LogP contribution in [0.1, 0.15) is 20.8 Å². The number of rotatable bonds is 5. The van der Waals surface area contributed by atoms with Crippen molar-refractivity contribution >= 4 is 29.7 Å². The van der Waals surface area contributed by atoms with E-state index in [0.717, 1.165) is 0 Å². The molecule has 0 aliphatic carbocycles. The minimum atomic E-state index is -1.29. The lowest BCUT2D eigenvalue weighted by molar-refractivity contribution is 1.14. The summed E-state index contributed by atoms with van der Waals surface area (Å²) in [6, 6.07) is 17.8. The van der Waals surface area contributed by atoms with Crippen LogP contribution in [0.5, 0.6) is 0 Å². The third-order valence-corrected chi connectivity index (χ3v) is 10.6. The Kier molecular flexibility index (Phi) is 4.54. The van der Waals surface area contributed by atoms with Crippen molar-refractivity contribution in [2.24, 2.45) is 0 Å². The van der Waals surface area contributed by atoms with Crippen LogP contribution in [0.4, 0.5) is 5.69 Å². The maximum atomic E-state index is 2.48. The zero-order valence-electron chi connectivity index (χ0n) is 13.5. The monoisotopic (exact) mass is 285 g/mol. The predicted molar refractivity (Wildman–Crippen MR) is 95.1 cm³/mol. The van der Waals surface area contributed by atoms with Gasteiger partial charge in [-0.05, 0) is 11.5 Å². The van der Waals surface area contributed by atoms with Crippen molar-refractivity contribution in [3.05, 3.63) is 36.4 Å². The summed E-state index contributed by atoms with van der Waals surface area (Å²) in [5.74, 6) is 0. The smallest absolute Gasteiger partial charge is 0.0859 e. The number of nitrogens with zero attached hydrogens (tertiary/aromatic N) is 1. The van der Waals surface area contributed by atoms with E-state index in [2.05, 4.69) is 76.2 Å². The van der Waals surface area contributed by atoms with Gasteiger partial charge in [-0.2, -0.15) is 0 Å². The Labute approximate surface area is 124 Å². The van der Waals surface area contributed by atoms with Gasteiger partial charge in [-0.15, -0.1) is 0 Å². The van der Waals surface area contributed by atoms with Crippen LogP contribution in [0, 0.1) is 0 Å². The van der Waals surface area contributed by atoms with Crippen molar-refractivity contribution in [3.63, 3.8) is 0 Å². The molecule has 0 unspecified atom stereocenters. The first-order valence-corrected chi connectivity index (χ1v) is 10.4. The quantitative estimate of drug-likeness (QED) is 0.724. The number of benzene rings is 2. The Hall–Kier alpha value is -1.28. The van der Waals surface area contributed by atoms with Gasteiger partial charge in [0.25, 0.3) is 0 Å². The molecule has 0 aromatic heterocycles. The summed E-state index contributed by atoms with van der Waals surface area (Å²) in [5.41, 5.74) is 1.33. The van der Waals surface area contributed by atoms with E-state index in [1.807, 2.05) is 0 Å². The second kappa shape index (κ2) is 6.00. The maximum absolute atomic E-state index is 2.48. The fourth-order valence-corrected chi connectivity index (χ4v) is 6.95. The molecule has 0 radical (unpaired) electrons. The molecule has 20 heavy (non-hydrogen) atoms. The molecular formula is C18H27NSi. The zero-order valence-corrected chi connectivity index (χ0v) is 14.5. The molecule has 2 aromatic rings. The van der Waals surface area contributed by atoms with Gasteiger partial charge >= 0.3 is 0 Å². The van der Waals surface area contributed by atoms with Crippen molar-refractivity contribution < 1.29 is 0 Å². The van der Waals surface area contributed by atoms with Crippen LogP contribution < -0.4 is 10.1 Å². The summed E-state index contributed by atoms with van der Waals surface area (Å²) >= 11 is 0. The van der Waals surface area contributed by atoms with Gasteiger partial charge in [0, 0.05) is 25.2 Å². The summed E-state index contributed by atoms with van der Waals surface area (Å²) in [6.07, 6.45) is 0. The molecular weight excluding hydrogens is 258 g/mol. The van der Waals surface area contributed by atoms with Crippen LogP contribution in [0.3, 0.4) is 0 Å². The fraction of sp³-hybridized carbons (Fsp3) is 0.444. The molecule has 108 valence electrons. The number of hydrogen-bond donors (Lipinski definition) is 0. The molecule has 0 N–H and O–H groups in total. The topological polar surface area (TPSA) is 3.24 Å². The van der Waals surface area contributed by atoms with Gasteiger partial charge in [0.2, 0.25) is 0 Å². The highest BCUT2D eigenvalue weighted by atomic mass is 28.3. The minimum Gasteiger partial charge on any atom is -0.377 e. The summed E-state index contributed by atoms with van der Waals surface area (Å²) in [5, 5.41) is 4.39. The molecule has 0 amide bonds. The van der Waals surface area contributed by atoms with Crippen LogP contribution in [0.15, 0.2) is 36.4 Å². The first-order valence-electron chi connectivity index (χ1n) is 7.78. The number of fused-ring (bicyclic) bond motifs is 1. The van der Waals surface area contributed by atoms with Crippen LogP contribution in [0.25, 0.3) is 10.8 Å². The highest BCUT2D eigenvalue weighted by molar-refractivity contribution is 6.91. The van der Waals surface area contributed by atoms with E-state index in [9.17, 15) is 0 Å². The SMILES string of the molecule is CC[Si](CC)(CC)c1ccc2cccc(N(C)C)c2c1. The van der Waals surface area contributed by atoms with Crippen LogP contribution >= 0.6 is 0 Å². The van der Waals surface area contributed by atoms with E-state index >= 15 is 0 Å². The van der Waals surface area contributed by atoms with Crippen molar-refractivity contribution in [3.8, 4) is 0 Å². The van der Waals surface area contributed by atoms with Gasteiger partial charge in [-0.25, -0.2) is 0 Å². The average Bonchev–Trinajstić information content (AvgIpc) is 2.48. The van der Waals surface area contributed by atoms with Gasteiger partial charge < -0.3 is 4.90 Å². The Balaban J connectivity index is 2.66.